The molecule has 3 aromatic rings. The lowest BCUT2D eigenvalue weighted by Crippen LogP contribution is -2.23. The zero-order valence-electron chi connectivity index (χ0n) is 14.2. The summed E-state index contributed by atoms with van der Waals surface area (Å²) in [5.41, 5.74) is 1.40. The third-order valence-corrected chi connectivity index (χ3v) is 5.54. The van der Waals surface area contributed by atoms with Crippen molar-refractivity contribution in [1.82, 2.24) is 5.32 Å². The van der Waals surface area contributed by atoms with Crippen molar-refractivity contribution >= 4 is 33.2 Å². The van der Waals surface area contributed by atoms with E-state index in [1.165, 1.54) is 30.3 Å². The summed E-state index contributed by atoms with van der Waals surface area (Å²) in [6.45, 7) is 0.343. The Labute approximate surface area is 163 Å². The van der Waals surface area contributed by atoms with Gasteiger partial charge in [-0.05, 0) is 35.9 Å². The van der Waals surface area contributed by atoms with Gasteiger partial charge in [0.25, 0.3) is 15.9 Å². The molecule has 0 heterocycles. The Kier molecular flexibility index (Phi) is 5.78. The van der Waals surface area contributed by atoms with Gasteiger partial charge in [-0.1, -0.05) is 60.1 Å². The number of anilines is 1. The van der Waals surface area contributed by atoms with Crippen molar-refractivity contribution < 1.29 is 13.2 Å². The summed E-state index contributed by atoms with van der Waals surface area (Å²) in [5.74, 6) is -0.385. The number of amides is 1. The van der Waals surface area contributed by atoms with Gasteiger partial charge in [-0.3, -0.25) is 9.52 Å². The van der Waals surface area contributed by atoms with Gasteiger partial charge in [-0.15, -0.1) is 0 Å². The Balaban J connectivity index is 1.77. The van der Waals surface area contributed by atoms with E-state index < -0.39 is 10.0 Å². The number of halogens is 1. The van der Waals surface area contributed by atoms with Crippen LogP contribution in [0.1, 0.15) is 15.9 Å². The van der Waals surface area contributed by atoms with Crippen molar-refractivity contribution in [1.29, 1.82) is 0 Å². The molecule has 0 aliphatic carbocycles. The summed E-state index contributed by atoms with van der Waals surface area (Å²) < 4.78 is 27.3. The molecule has 5 nitrogen and oxygen atoms in total. The third kappa shape index (κ3) is 4.87. The number of nitrogens with one attached hydrogen (secondary N) is 2. The van der Waals surface area contributed by atoms with Crippen molar-refractivity contribution in [3.63, 3.8) is 0 Å². The molecule has 0 fully saturated rings. The summed E-state index contributed by atoms with van der Waals surface area (Å²) in [6, 6.07) is 21.9. The van der Waals surface area contributed by atoms with Crippen molar-refractivity contribution in [2.75, 3.05) is 4.72 Å². The van der Waals surface area contributed by atoms with Gasteiger partial charge in [0.05, 0.1) is 15.5 Å². The smallest absolute Gasteiger partial charge is 0.261 e. The van der Waals surface area contributed by atoms with E-state index in [0.717, 1.165) is 5.56 Å². The van der Waals surface area contributed by atoms with E-state index in [1.54, 1.807) is 18.2 Å². The Morgan fingerprint density at radius 1 is 0.889 bits per heavy atom. The monoisotopic (exact) mass is 400 g/mol. The minimum absolute atomic E-state index is 0.134. The zero-order valence-corrected chi connectivity index (χ0v) is 15.8. The van der Waals surface area contributed by atoms with E-state index in [0.29, 0.717) is 6.54 Å². The number of carbonyl (C=O) groups excluding carboxylic acids is 1. The molecule has 0 saturated carbocycles. The number of hydrogen-bond donors (Lipinski definition) is 2. The summed E-state index contributed by atoms with van der Waals surface area (Å²) in [4.78, 5) is 12.6. The van der Waals surface area contributed by atoms with Crippen LogP contribution in [-0.4, -0.2) is 14.3 Å². The molecule has 0 aliphatic heterocycles. The van der Waals surface area contributed by atoms with Crippen LogP contribution in [0.2, 0.25) is 5.02 Å². The maximum Gasteiger partial charge on any atom is 0.261 e. The topological polar surface area (TPSA) is 75.3 Å². The van der Waals surface area contributed by atoms with Crippen LogP contribution >= 0.6 is 11.6 Å². The van der Waals surface area contributed by atoms with Crippen LogP contribution in [0.3, 0.4) is 0 Å². The molecule has 0 unspecified atom stereocenters. The van der Waals surface area contributed by atoms with Crippen LogP contribution < -0.4 is 10.0 Å². The quantitative estimate of drug-likeness (QED) is 0.654. The summed E-state index contributed by atoms with van der Waals surface area (Å²) in [6.07, 6.45) is 0. The Bertz CT molecular complexity index is 1040. The first-order valence-corrected chi connectivity index (χ1v) is 10.0. The normalized spacial score (nSPS) is 11.0. The van der Waals surface area contributed by atoms with Gasteiger partial charge in [0.2, 0.25) is 0 Å². The molecule has 0 saturated heterocycles. The van der Waals surface area contributed by atoms with E-state index >= 15 is 0 Å². The van der Waals surface area contributed by atoms with Gasteiger partial charge in [-0.2, -0.15) is 0 Å². The van der Waals surface area contributed by atoms with Crippen molar-refractivity contribution in [2.45, 2.75) is 11.4 Å². The molecule has 7 heteroatoms. The highest BCUT2D eigenvalue weighted by Crippen LogP contribution is 2.23. The van der Waals surface area contributed by atoms with Crippen LogP contribution in [0.25, 0.3) is 0 Å². The van der Waals surface area contributed by atoms with Crippen LogP contribution in [0.4, 0.5) is 5.69 Å². The van der Waals surface area contributed by atoms with E-state index in [9.17, 15) is 13.2 Å². The molecule has 2 N–H and O–H groups in total. The number of sulfonamides is 1. The van der Waals surface area contributed by atoms with Crippen LogP contribution in [0, 0.1) is 0 Å². The van der Waals surface area contributed by atoms with Gasteiger partial charge < -0.3 is 5.32 Å². The van der Waals surface area contributed by atoms with Crippen molar-refractivity contribution in [2.24, 2.45) is 0 Å². The first-order chi connectivity index (χ1) is 13.0. The van der Waals surface area contributed by atoms with Crippen LogP contribution in [0.5, 0.6) is 0 Å². The second kappa shape index (κ2) is 8.24. The number of carbonyl (C=O) groups is 1. The fraction of sp³-hybridized carbons (Fsp3) is 0.0500. The molecule has 0 spiro atoms. The average Bonchev–Trinajstić information content (AvgIpc) is 2.69. The van der Waals surface area contributed by atoms with Gasteiger partial charge >= 0.3 is 0 Å². The zero-order chi connectivity index (χ0) is 19.3. The fourth-order valence-electron chi connectivity index (χ4n) is 2.45. The number of benzene rings is 3. The minimum Gasteiger partial charge on any atom is -0.348 e. The predicted octanol–water partition coefficient (Wildman–Crippen LogP) is 4.07. The molecule has 1 amide bonds. The van der Waals surface area contributed by atoms with E-state index in [-0.39, 0.29) is 27.1 Å². The largest absolute Gasteiger partial charge is 0.348 e. The Morgan fingerprint density at radius 2 is 1.52 bits per heavy atom. The average molecular weight is 401 g/mol. The molecule has 3 aromatic carbocycles. The maximum absolute atomic E-state index is 12.5. The van der Waals surface area contributed by atoms with Gasteiger partial charge in [0.1, 0.15) is 0 Å². The first kappa shape index (κ1) is 18.9. The molecule has 0 bridgehead atoms. The highest BCUT2D eigenvalue weighted by molar-refractivity contribution is 7.92. The fourth-order valence-corrected chi connectivity index (χ4v) is 3.72. The maximum atomic E-state index is 12.5. The standard InChI is InChI=1S/C20H17ClN2O3S/c21-19-12-11-16(23-27(25,26)17-9-5-2-6-10-17)13-18(19)20(24)22-14-15-7-3-1-4-8-15/h1-13,23H,14H2,(H,22,24). The highest BCUT2D eigenvalue weighted by Gasteiger charge is 2.16. The molecule has 27 heavy (non-hydrogen) atoms. The van der Waals surface area contributed by atoms with E-state index in [1.807, 2.05) is 30.3 Å². The number of rotatable bonds is 6. The Hall–Kier alpha value is -2.83. The SMILES string of the molecule is O=C(NCc1ccccc1)c1cc(NS(=O)(=O)c2ccccc2)ccc1Cl. The predicted molar refractivity (Wildman–Crippen MR) is 106 cm³/mol. The molecule has 0 radical (unpaired) electrons. The van der Waals surface area contributed by atoms with Crippen molar-refractivity contribution in [3.05, 3.63) is 95.0 Å². The summed E-state index contributed by atoms with van der Waals surface area (Å²) >= 11 is 6.12. The minimum atomic E-state index is -3.75. The molecular weight excluding hydrogens is 384 g/mol. The first-order valence-electron chi connectivity index (χ1n) is 8.15. The van der Waals surface area contributed by atoms with Gasteiger partial charge in [0.15, 0.2) is 0 Å². The highest BCUT2D eigenvalue weighted by atomic mass is 35.5. The third-order valence-electron chi connectivity index (χ3n) is 3.81. The summed E-state index contributed by atoms with van der Waals surface area (Å²) in [7, 11) is -3.75. The van der Waals surface area contributed by atoms with Gasteiger partial charge in [0, 0.05) is 12.2 Å². The second-order valence-corrected chi connectivity index (χ2v) is 7.87. The number of hydrogen-bond acceptors (Lipinski definition) is 3. The lowest BCUT2D eigenvalue weighted by atomic mass is 10.1. The Morgan fingerprint density at radius 3 is 2.19 bits per heavy atom. The second-order valence-electron chi connectivity index (χ2n) is 5.78. The van der Waals surface area contributed by atoms with E-state index in [4.69, 9.17) is 11.6 Å². The molecule has 3 rings (SSSR count). The van der Waals surface area contributed by atoms with E-state index in [2.05, 4.69) is 10.0 Å². The molecule has 0 aliphatic rings. The van der Waals surface area contributed by atoms with Crippen LogP contribution in [0.15, 0.2) is 83.8 Å². The van der Waals surface area contributed by atoms with Crippen molar-refractivity contribution in [3.8, 4) is 0 Å². The van der Waals surface area contributed by atoms with Crippen LogP contribution in [-0.2, 0) is 16.6 Å². The molecule has 138 valence electrons. The summed E-state index contributed by atoms with van der Waals surface area (Å²) in [5, 5.41) is 3.02. The molecule has 0 aromatic heterocycles. The molecule has 0 atom stereocenters. The lowest BCUT2D eigenvalue weighted by Gasteiger charge is -2.11. The molecular formula is C20H17ClN2O3S. The van der Waals surface area contributed by atoms with Gasteiger partial charge in [-0.25, -0.2) is 8.42 Å². The lowest BCUT2D eigenvalue weighted by molar-refractivity contribution is 0.0951.